The highest BCUT2D eigenvalue weighted by molar-refractivity contribution is 5.84. The second-order valence-electron chi connectivity index (χ2n) is 5.79. The standard InChI is InChI=1S/C19H19NO4/c21-17(9-6-13-4-2-1-3-5-13)20-18(19(22)23)15-7-8-16-14(12-15)10-11-24-16/h1-5,7-8,12,18H,6,9-11H2,(H,20,21)(H,22,23). The molecule has 5 nitrogen and oxygen atoms in total. The zero-order chi connectivity index (χ0) is 16.9. The highest BCUT2D eigenvalue weighted by Crippen LogP contribution is 2.28. The Morgan fingerprint density at radius 2 is 1.96 bits per heavy atom. The Labute approximate surface area is 140 Å². The minimum absolute atomic E-state index is 0.252. The van der Waals surface area contributed by atoms with Crippen LogP contribution in [-0.2, 0) is 22.4 Å². The van der Waals surface area contributed by atoms with E-state index < -0.39 is 12.0 Å². The van der Waals surface area contributed by atoms with Crippen molar-refractivity contribution in [3.05, 3.63) is 65.2 Å². The largest absolute Gasteiger partial charge is 0.493 e. The summed E-state index contributed by atoms with van der Waals surface area (Å²) in [7, 11) is 0. The second kappa shape index (κ2) is 7.17. The zero-order valence-corrected chi connectivity index (χ0v) is 13.2. The Bertz CT molecular complexity index is 742. The van der Waals surface area contributed by atoms with Crippen molar-refractivity contribution in [3.63, 3.8) is 0 Å². The van der Waals surface area contributed by atoms with Gasteiger partial charge >= 0.3 is 5.97 Å². The fourth-order valence-corrected chi connectivity index (χ4v) is 2.81. The summed E-state index contributed by atoms with van der Waals surface area (Å²) in [5, 5.41) is 12.1. The highest BCUT2D eigenvalue weighted by atomic mass is 16.5. The summed E-state index contributed by atoms with van der Waals surface area (Å²) in [5.74, 6) is -0.553. The summed E-state index contributed by atoms with van der Waals surface area (Å²) in [6, 6.07) is 13.9. The van der Waals surface area contributed by atoms with Crippen molar-refractivity contribution in [3.8, 4) is 5.75 Å². The van der Waals surface area contributed by atoms with Crippen molar-refractivity contribution in [1.82, 2.24) is 5.32 Å². The lowest BCUT2D eigenvalue weighted by atomic mass is 10.0. The van der Waals surface area contributed by atoms with Gasteiger partial charge in [-0.2, -0.15) is 0 Å². The second-order valence-corrected chi connectivity index (χ2v) is 5.79. The predicted octanol–water partition coefficient (Wildman–Crippen LogP) is 2.50. The number of carboxylic acids is 1. The monoisotopic (exact) mass is 325 g/mol. The molecule has 2 aromatic carbocycles. The summed E-state index contributed by atoms with van der Waals surface area (Å²) >= 11 is 0. The first-order valence-corrected chi connectivity index (χ1v) is 7.95. The maximum atomic E-state index is 12.1. The number of fused-ring (bicyclic) bond motifs is 1. The van der Waals surface area contributed by atoms with E-state index in [0.717, 1.165) is 23.3 Å². The van der Waals surface area contributed by atoms with E-state index in [2.05, 4.69) is 5.32 Å². The van der Waals surface area contributed by atoms with Crippen LogP contribution in [0, 0.1) is 0 Å². The van der Waals surface area contributed by atoms with Crippen LogP contribution in [0.1, 0.15) is 29.2 Å². The minimum Gasteiger partial charge on any atom is -0.493 e. The van der Waals surface area contributed by atoms with Crippen LogP contribution in [0.25, 0.3) is 0 Å². The first-order chi connectivity index (χ1) is 11.6. The number of amides is 1. The van der Waals surface area contributed by atoms with Crippen molar-refractivity contribution in [1.29, 1.82) is 0 Å². The number of aryl methyl sites for hydroxylation is 1. The lowest BCUT2D eigenvalue weighted by Gasteiger charge is -2.16. The molecule has 2 N–H and O–H groups in total. The molecule has 1 aliphatic rings. The van der Waals surface area contributed by atoms with Crippen LogP contribution >= 0.6 is 0 Å². The first kappa shape index (κ1) is 16.1. The molecule has 124 valence electrons. The number of carboxylic acid groups (broad SMARTS) is 1. The van der Waals surface area contributed by atoms with Crippen molar-refractivity contribution < 1.29 is 19.4 Å². The van der Waals surface area contributed by atoms with E-state index in [0.29, 0.717) is 18.6 Å². The zero-order valence-electron chi connectivity index (χ0n) is 13.2. The average Bonchev–Trinajstić information content (AvgIpc) is 3.06. The summed E-state index contributed by atoms with van der Waals surface area (Å²) in [5.41, 5.74) is 2.60. The SMILES string of the molecule is O=C(CCc1ccccc1)NC(C(=O)O)c1ccc2c(c1)CCO2. The van der Waals surface area contributed by atoms with Crippen molar-refractivity contribution in [2.45, 2.75) is 25.3 Å². The fourth-order valence-electron chi connectivity index (χ4n) is 2.81. The third-order valence-electron chi connectivity index (χ3n) is 4.08. The molecule has 5 heteroatoms. The van der Waals surface area contributed by atoms with Crippen LogP contribution in [0.5, 0.6) is 5.75 Å². The predicted molar refractivity (Wildman–Crippen MR) is 88.9 cm³/mol. The molecule has 0 aromatic heterocycles. The third-order valence-corrected chi connectivity index (χ3v) is 4.08. The van der Waals surface area contributed by atoms with Crippen LogP contribution in [0.15, 0.2) is 48.5 Å². The molecule has 24 heavy (non-hydrogen) atoms. The van der Waals surface area contributed by atoms with Gasteiger partial charge in [-0.05, 0) is 35.2 Å². The molecule has 2 aromatic rings. The van der Waals surface area contributed by atoms with E-state index in [4.69, 9.17) is 4.74 Å². The molecule has 1 atom stereocenters. The number of carbonyl (C=O) groups is 2. The van der Waals surface area contributed by atoms with Crippen molar-refractivity contribution in [2.24, 2.45) is 0 Å². The number of nitrogens with one attached hydrogen (secondary N) is 1. The quantitative estimate of drug-likeness (QED) is 0.855. The van der Waals surface area contributed by atoms with E-state index in [9.17, 15) is 14.7 Å². The molecular formula is C19H19NO4. The van der Waals surface area contributed by atoms with Crippen LogP contribution < -0.4 is 10.1 Å². The molecule has 0 spiro atoms. The van der Waals surface area contributed by atoms with Gasteiger partial charge in [0.25, 0.3) is 0 Å². The average molecular weight is 325 g/mol. The molecule has 0 saturated carbocycles. The fraction of sp³-hybridized carbons (Fsp3) is 0.263. The van der Waals surface area contributed by atoms with Crippen molar-refractivity contribution >= 4 is 11.9 Å². The summed E-state index contributed by atoms with van der Waals surface area (Å²) in [6.07, 6.45) is 1.59. The van der Waals surface area contributed by atoms with E-state index >= 15 is 0 Å². The Balaban J connectivity index is 1.65. The first-order valence-electron chi connectivity index (χ1n) is 7.95. The molecular weight excluding hydrogens is 306 g/mol. The van der Waals surface area contributed by atoms with Gasteiger partial charge in [-0.1, -0.05) is 36.4 Å². The summed E-state index contributed by atoms with van der Waals surface area (Å²) < 4.78 is 5.43. The van der Waals surface area contributed by atoms with Crippen LogP contribution in [0.2, 0.25) is 0 Å². The summed E-state index contributed by atoms with van der Waals surface area (Å²) in [6.45, 7) is 0.611. The Morgan fingerprint density at radius 3 is 2.71 bits per heavy atom. The van der Waals surface area contributed by atoms with Gasteiger partial charge in [-0.15, -0.1) is 0 Å². The number of ether oxygens (including phenoxy) is 1. The molecule has 0 saturated heterocycles. The molecule has 0 fully saturated rings. The van der Waals surface area contributed by atoms with E-state index in [-0.39, 0.29) is 12.3 Å². The molecule has 1 aliphatic heterocycles. The lowest BCUT2D eigenvalue weighted by molar-refractivity contribution is -0.142. The lowest BCUT2D eigenvalue weighted by Crippen LogP contribution is -2.33. The number of hydrogen-bond donors (Lipinski definition) is 2. The Kier molecular flexibility index (Phi) is 4.79. The maximum Gasteiger partial charge on any atom is 0.330 e. The van der Waals surface area contributed by atoms with Gasteiger partial charge in [-0.3, -0.25) is 4.79 Å². The number of carbonyl (C=O) groups excluding carboxylic acids is 1. The van der Waals surface area contributed by atoms with Crippen LogP contribution in [-0.4, -0.2) is 23.6 Å². The molecule has 0 bridgehead atoms. The smallest absolute Gasteiger partial charge is 0.330 e. The van der Waals surface area contributed by atoms with Crippen LogP contribution in [0.3, 0.4) is 0 Å². The van der Waals surface area contributed by atoms with Gasteiger partial charge in [0, 0.05) is 12.8 Å². The van der Waals surface area contributed by atoms with Gasteiger partial charge < -0.3 is 15.2 Å². The van der Waals surface area contributed by atoms with Gasteiger partial charge in [-0.25, -0.2) is 4.79 Å². The van der Waals surface area contributed by atoms with Crippen molar-refractivity contribution in [2.75, 3.05) is 6.61 Å². The van der Waals surface area contributed by atoms with Gasteiger partial charge in [0.2, 0.25) is 5.91 Å². The number of hydrogen-bond acceptors (Lipinski definition) is 3. The van der Waals surface area contributed by atoms with Crippen LogP contribution in [0.4, 0.5) is 0 Å². The number of benzene rings is 2. The normalized spacial score (nSPS) is 13.7. The third kappa shape index (κ3) is 3.74. The summed E-state index contributed by atoms with van der Waals surface area (Å²) in [4.78, 5) is 23.7. The van der Waals surface area contributed by atoms with Gasteiger partial charge in [0.15, 0.2) is 6.04 Å². The number of rotatable bonds is 6. The van der Waals surface area contributed by atoms with Gasteiger partial charge in [0.1, 0.15) is 5.75 Å². The van der Waals surface area contributed by atoms with E-state index in [1.54, 1.807) is 18.2 Å². The molecule has 0 aliphatic carbocycles. The highest BCUT2D eigenvalue weighted by Gasteiger charge is 2.24. The molecule has 1 heterocycles. The van der Waals surface area contributed by atoms with E-state index in [1.165, 1.54) is 0 Å². The topological polar surface area (TPSA) is 75.6 Å². The Hall–Kier alpha value is -2.82. The number of aliphatic carboxylic acids is 1. The minimum atomic E-state index is -1.07. The molecule has 0 radical (unpaired) electrons. The Morgan fingerprint density at radius 1 is 1.17 bits per heavy atom. The molecule has 1 unspecified atom stereocenters. The van der Waals surface area contributed by atoms with E-state index in [1.807, 2.05) is 30.3 Å². The maximum absolute atomic E-state index is 12.1. The van der Waals surface area contributed by atoms with Gasteiger partial charge in [0.05, 0.1) is 6.61 Å². The molecule has 1 amide bonds. The molecule has 3 rings (SSSR count).